The summed E-state index contributed by atoms with van der Waals surface area (Å²) in [7, 11) is 0. The molecule has 0 radical (unpaired) electrons. The number of allylic oxidation sites excluding steroid dienone is 2. The number of hydrogen-bond donors (Lipinski definition) is 3. The number of rotatable bonds is 6. The molecule has 0 amide bonds. The lowest BCUT2D eigenvalue weighted by molar-refractivity contribution is -0.0202. The fraction of sp³-hybridized carbons (Fsp3) is 0.400. The minimum atomic E-state index is -0.938. The lowest BCUT2D eigenvalue weighted by Crippen LogP contribution is -2.45. The number of nitrogens with zero attached hydrogens (tertiary/aromatic N) is 2. The second kappa shape index (κ2) is 8.64. The first kappa shape index (κ1) is 22.4. The van der Waals surface area contributed by atoms with Gasteiger partial charge in [-0.1, -0.05) is 12.5 Å². The van der Waals surface area contributed by atoms with Crippen molar-refractivity contribution < 1.29 is 19.0 Å². The summed E-state index contributed by atoms with van der Waals surface area (Å²) in [5.74, 6) is -1.06. The molecule has 0 bridgehead atoms. The van der Waals surface area contributed by atoms with Crippen molar-refractivity contribution in [3.05, 3.63) is 71.6 Å². The molecule has 1 saturated carbocycles. The van der Waals surface area contributed by atoms with E-state index in [1.54, 1.807) is 12.1 Å². The van der Waals surface area contributed by atoms with Gasteiger partial charge in [-0.25, -0.2) is 8.78 Å². The van der Waals surface area contributed by atoms with Gasteiger partial charge in [-0.2, -0.15) is 0 Å². The Kier molecular flexibility index (Phi) is 6.05. The van der Waals surface area contributed by atoms with E-state index in [0.29, 0.717) is 24.2 Å². The quantitative estimate of drug-likeness (QED) is 0.558. The second-order valence-electron chi connectivity index (χ2n) is 9.05. The minimum absolute atomic E-state index is 0.117. The van der Waals surface area contributed by atoms with Gasteiger partial charge in [0.1, 0.15) is 11.6 Å². The highest BCUT2D eigenvalue weighted by molar-refractivity contribution is 6.08. The van der Waals surface area contributed by atoms with Crippen LogP contribution in [0.3, 0.4) is 0 Å². The standard InChI is InChI=1S/C25H27F2N3O2/c1-24-11-16(13-28)22(30-20-5-2-18(26)3-6-20)10-17(24)8-9-25(24,15-31)12-23(32)21-7-4-19(27)14-29-21/h2-7,10,13-14,16,23,28,31-32H,8-9,11-12,15H2,1H3. The van der Waals surface area contributed by atoms with Crippen molar-refractivity contribution in [1.82, 2.24) is 4.98 Å². The third-order valence-electron chi connectivity index (χ3n) is 7.35. The Balaban J connectivity index is 1.67. The normalized spacial score (nSPS) is 29.5. The number of aliphatic hydroxyl groups is 2. The van der Waals surface area contributed by atoms with Gasteiger partial charge in [-0.15, -0.1) is 0 Å². The summed E-state index contributed by atoms with van der Waals surface area (Å²) in [5.41, 5.74) is 1.83. The summed E-state index contributed by atoms with van der Waals surface area (Å²) in [4.78, 5) is 8.66. The molecule has 2 aliphatic rings. The summed E-state index contributed by atoms with van der Waals surface area (Å²) in [6.07, 6.45) is 5.79. The monoisotopic (exact) mass is 439 g/mol. The molecule has 4 rings (SSSR count). The van der Waals surface area contributed by atoms with Crippen LogP contribution in [0, 0.1) is 33.8 Å². The third kappa shape index (κ3) is 3.91. The van der Waals surface area contributed by atoms with Crippen LogP contribution >= 0.6 is 0 Å². The van der Waals surface area contributed by atoms with Gasteiger partial charge in [0.05, 0.1) is 23.7 Å². The average Bonchev–Trinajstić information content (AvgIpc) is 3.06. The number of aliphatic hydroxyl groups excluding tert-OH is 2. The van der Waals surface area contributed by atoms with E-state index in [4.69, 9.17) is 5.41 Å². The Morgan fingerprint density at radius 3 is 2.56 bits per heavy atom. The molecule has 1 heterocycles. The summed E-state index contributed by atoms with van der Waals surface area (Å²) in [6.45, 7) is 1.96. The Bertz CT molecular complexity index is 1050. The minimum Gasteiger partial charge on any atom is -0.396 e. The highest BCUT2D eigenvalue weighted by atomic mass is 19.1. The van der Waals surface area contributed by atoms with Gasteiger partial charge in [-0.05, 0) is 73.6 Å². The molecule has 0 saturated heterocycles. The van der Waals surface area contributed by atoms with Gasteiger partial charge in [0.15, 0.2) is 0 Å². The van der Waals surface area contributed by atoms with Crippen molar-refractivity contribution in [3.63, 3.8) is 0 Å². The number of benzene rings is 1. The van der Waals surface area contributed by atoms with E-state index in [2.05, 4.69) is 16.9 Å². The Hall–Kier alpha value is -2.77. The van der Waals surface area contributed by atoms with Gasteiger partial charge < -0.3 is 15.6 Å². The number of fused-ring (bicyclic) bond motifs is 1. The Morgan fingerprint density at radius 2 is 1.94 bits per heavy atom. The van der Waals surface area contributed by atoms with E-state index < -0.39 is 22.8 Å². The van der Waals surface area contributed by atoms with Crippen LogP contribution in [0.1, 0.15) is 44.4 Å². The molecule has 4 unspecified atom stereocenters. The first-order valence-corrected chi connectivity index (χ1v) is 10.8. The zero-order chi connectivity index (χ0) is 22.9. The Labute approximate surface area is 186 Å². The van der Waals surface area contributed by atoms with Crippen molar-refractivity contribution in [1.29, 1.82) is 5.41 Å². The zero-order valence-electron chi connectivity index (χ0n) is 17.9. The molecule has 3 N–H and O–H groups in total. The van der Waals surface area contributed by atoms with Crippen molar-refractivity contribution in [2.75, 3.05) is 6.61 Å². The zero-order valence-corrected chi connectivity index (χ0v) is 17.9. The molecule has 7 heteroatoms. The van der Waals surface area contributed by atoms with E-state index in [1.807, 2.05) is 6.08 Å². The number of nitrogens with one attached hydrogen (secondary N) is 1. The number of hydrogen-bond acceptors (Lipinski definition) is 5. The first-order chi connectivity index (χ1) is 15.3. The average molecular weight is 440 g/mol. The fourth-order valence-corrected chi connectivity index (χ4v) is 5.30. The number of halogens is 2. The molecule has 4 atom stereocenters. The van der Waals surface area contributed by atoms with Gasteiger partial charge >= 0.3 is 0 Å². The van der Waals surface area contributed by atoms with Crippen LogP contribution in [0.5, 0.6) is 0 Å². The summed E-state index contributed by atoms with van der Waals surface area (Å²) in [6, 6.07) is 8.66. The van der Waals surface area contributed by atoms with Gasteiger partial charge in [0.25, 0.3) is 0 Å². The first-order valence-electron chi connectivity index (χ1n) is 10.8. The van der Waals surface area contributed by atoms with E-state index in [1.165, 1.54) is 30.5 Å². The van der Waals surface area contributed by atoms with Crippen LogP contribution in [0.2, 0.25) is 0 Å². The second-order valence-corrected chi connectivity index (χ2v) is 9.05. The van der Waals surface area contributed by atoms with Gasteiger partial charge in [-0.3, -0.25) is 9.98 Å². The van der Waals surface area contributed by atoms with Crippen molar-refractivity contribution in [2.45, 2.75) is 38.7 Å². The maximum atomic E-state index is 13.2. The maximum absolute atomic E-state index is 13.2. The number of aliphatic imine (C=N–C) groups is 1. The molecule has 5 nitrogen and oxygen atoms in total. The molecule has 168 valence electrons. The topological polar surface area (TPSA) is 89.6 Å². The van der Waals surface area contributed by atoms with Gasteiger partial charge in [0, 0.05) is 29.9 Å². The van der Waals surface area contributed by atoms with E-state index >= 15 is 0 Å². The van der Waals surface area contributed by atoms with Gasteiger partial charge in [0.2, 0.25) is 0 Å². The predicted molar refractivity (Wildman–Crippen MR) is 119 cm³/mol. The number of aromatic nitrogens is 1. The summed E-state index contributed by atoms with van der Waals surface area (Å²) in [5, 5.41) is 29.4. The molecule has 1 aromatic carbocycles. The van der Waals surface area contributed by atoms with Crippen LogP contribution in [0.25, 0.3) is 0 Å². The van der Waals surface area contributed by atoms with Crippen LogP contribution in [-0.2, 0) is 0 Å². The molecule has 1 fully saturated rings. The SMILES string of the molecule is CC12CC(C=N)C(=Nc3ccc(F)cc3)C=C1CCC2(CO)CC(O)c1ccc(F)cn1. The molecule has 2 aromatic rings. The lowest BCUT2D eigenvalue weighted by atomic mass is 9.57. The fourth-order valence-electron chi connectivity index (χ4n) is 5.30. The molecule has 1 aromatic heterocycles. The van der Waals surface area contributed by atoms with E-state index in [9.17, 15) is 19.0 Å². The maximum Gasteiger partial charge on any atom is 0.141 e. The number of pyridine rings is 1. The third-order valence-corrected chi connectivity index (χ3v) is 7.35. The van der Waals surface area contributed by atoms with Crippen LogP contribution in [0.4, 0.5) is 14.5 Å². The molecule has 0 spiro atoms. The molecule has 0 aliphatic heterocycles. The summed E-state index contributed by atoms with van der Waals surface area (Å²) < 4.78 is 26.5. The Morgan fingerprint density at radius 1 is 1.22 bits per heavy atom. The van der Waals surface area contributed by atoms with Crippen LogP contribution in [-0.4, -0.2) is 33.7 Å². The van der Waals surface area contributed by atoms with E-state index in [0.717, 1.165) is 23.9 Å². The van der Waals surface area contributed by atoms with Crippen LogP contribution in [0.15, 0.2) is 59.2 Å². The molecular weight excluding hydrogens is 412 g/mol. The van der Waals surface area contributed by atoms with Crippen LogP contribution < -0.4 is 0 Å². The van der Waals surface area contributed by atoms with Crippen molar-refractivity contribution >= 4 is 17.6 Å². The van der Waals surface area contributed by atoms with Crippen molar-refractivity contribution in [3.8, 4) is 0 Å². The lowest BCUT2D eigenvalue weighted by Gasteiger charge is -2.47. The smallest absolute Gasteiger partial charge is 0.141 e. The molecule has 32 heavy (non-hydrogen) atoms. The molecular formula is C25H27F2N3O2. The highest BCUT2D eigenvalue weighted by Crippen LogP contribution is 2.63. The van der Waals surface area contributed by atoms with E-state index in [-0.39, 0.29) is 24.8 Å². The largest absolute Gasteiger partial charge is 0.396 e. The molecule has 2 aliphatic carbocycles. The highest BCUT2D eigenvalue weighted by Gasteiger charge is 2.57. The predicted octanol–water partition coefficient (Wildman–Crippen LogP) is 4.93. The van der Waals surface area contributed by atoms with Crippen molar-refractivity contribution in [2.24, 2.45) is 21.7 Å². The summed E-state index contributed by atoms with van der Waals surface area (Å²) >= 11 is 0.